The van der Waals surface area contributed by atoms with E-state index in [-0.39, 0.29) is 0 Å². The van der Waals surface area contributed by atoms with E-state index >= 15 is 0 Å². The van der Waals surface area contributed by atoms with Gasteiger partial charge in [-0.2, -0.15) is 0 Å². The zero-order valence-corrected chi connectivity index (χ0v) is 8.68. The van der Waals surface area contributed by atoms with Crippen LogP contribution in [0, 0.1) is 0 Å². The third-order valence-electron chi connectivity index (χ3n) is 2.52. The minimum absolute atomic E-state index is 0.631. The number of hydrogen-bond donors (Lipinski definition) is 0. The van der Waals surface area contributed by atoms with Gasteiger partial charge in [0.25, 0.3) is 0 Å². The first-order valence-electron chi connectivity index (χ1n) is 4.86. The van der Waals surface area contributed by atoms with Crippen LogP contribution in [0.3, 0.4) is 0 Å². The SMILES string of the molecule is CON(C)C(=O)C(F)=C1CCCCC1. The van der Waals surface area contributed by atoms with Gasteiger partial charge in [0, 0.05) is 7.05 Å². The molecule has 80 valence electrons. The fourth-order valence-corrected chi connectivity index (χ4v) is 1.57. The summed E-state index contributed by atoms with van der Waals surface area (Å²) in [5.41, 5.74) is 0.644. The number of amides is 1. The van der Waals surface area contributed by atoms with Crippen molar-refractivity contribution < 1.29 is 14.0 Å². The lowest BCUT2D eigenvalue weighted by atomic mass is 9.94. The van der Waals surface area contributed by atoms with E-state index in [4.69, 9.17) is 0 Å². The Labute approximate surface area is 83.5 Å². The minimum Gasteiger partial charge on any atom is -0.274 e. The van der Waals surface area contributed by atoms with E-state index in [0.717, 1.165) is 24.3 Å². The smallest absolute Gasteiger partial charge is 0.274 e. The van der Waals surface area contributed by atoms with Gasteiger partial charge in [-0.05, 0) is 31.3 Å². The standard InChI is InChI=1S/C10H16FNO2/c1-12(14-2)10(13)9(11)8-6-4-3-5-7-8/h3-7H2,1-2H3. The average Bonchev–Trinajstić information content (AvgIpc) is 2.27. The van der Waals surface area contributed by atoms with Crippen molar-refractivity contribution in [3.05, 3.63) is 11.4 Å². The Morgan fingerprint density at radius 1 is 1.36 bits per heavy atom. The second-order valence-electron chi connectivity index (χ2n) is 3.46. The van der Waals surface area contributed by atoms with Crippen LogP contribution in [0.5, 0.6) is 0 Å². The molecule has 1 aliphatic rings. The molecular weight excluding hydrogens is 185 g/mol. The molecule has 0 atom stereocenters. The molecule has 1 fully saturated rings. The summed E-state index contributed by atoms with van der Waals surface area (Å²) in [6.07, 6.45) is 4.49. The molecule has 1 rings (SSSR count). The van der Waals surface area contributed by atoms with Crippen LogP contribution in [-0.4, -0.2) is 25.1 Å². The molecule has 0 heterocycles. The third kappa shape index (κ3) is 2.54. The zero-order valence-electron chi connectivity index (χ0n) is 8.68. The average molecular weight is 201 g/mol. The van der Waals surface area contributed by atoms with Gasteiger partial charge in [0.1, 0.15) is 0 Å². The molecule has 0 aromatic carbocycles. The Kier molecular flexibility index (Phi) is 4.07. The summed E-state index contributed by atoms with van der Waals surface area (Å²) < 4.78 is 13.5. The molecule has 0 radical (unpaired) electrons. The highest BCUT2D eigenvalue weighted by atomic mass is 19.1. The lowest BCUT2D eigenvalue weighted by Crippen LogP contribution is -2.26. The number of halogens is 1. The number of likely N-dealkylation sites (N-methyl/N-ethyl adjacent to an activating group) is 1. The number of carbonyl (C=O) groups excluding carboxylic acids is 1. The number of nitrogens with zero attached hydrogens (tertiary/aromatic N) is 1. The second-order valence-corrected chi connectivity index (χ2v) is 3.46. The van der Waals surface area contributed by atoms with Crippen molar-refractivity contribution in [3.63, 3.8) is 0 Å². The van der Waals surface area contributed by atoms with Crippen molar-refractivity contribution in [2.24, 2.45) is 0 Å². The maximum absolute atomic E-state index is 13.5. The first kappa shape index (κ1) is 11.2. The van der Waals surface area contributed by atoms with Crippen LogP contribution in [0.2, 0.25) is 0 Å². The third-order valence-corrected chi connectivity index (χ3v) is 2.52. The van der Waals surface area contributed by atoms with Crippen molar-refractivity contribution in [2.75, 3.05) is 14.2 Å². The summed E-state index contributed by atoms with van der Waals surface area (Å²) in [5, 5.41) is 0.914. The number of allylic oxidation sites excluding steroid dienone is 1. The predicted octanol–water partition coefficient (Wildman–Crippen LogP) is 2.19. The predicted molar refractivity (Wildman–Crippen MR) is 51.0 cm³/mol. The van der Waals surface area contributed by atoms with Crippen molar-refractivity contribution in [3.8, 4) is 0 Å². The maximum atomic E-state index is 13.5. The van der Waals surface area contributed by atoms with Crippen molar-refractivity contribution in [1.82, 2.24) is 5.06 Å². The number of hydrogen-bond acceptors (Lipinski definition) is 2. The molecule has 0 N–H and O–H groups in total. The Morgan fingerprint density at radius 3 is 2.43 bits per heavy atom. The normalized spacial score (nSPS) is 16.6. The number of rotatable bonds is 2. The Balaban J connectivity index is 2.69. The van der Waals surface area contributed by atoms with Gasteiger partial charge in [-0.15, -0.1) is 0 Å². The van der Waals surface area contributed by atoms with Crippen molar-refractivity contribution in [1.29, 1.82) is 0 Å². The molecule has 0 unspecified atom stereocenters. The van der Waals surface area contributed by atoms with E-state index in [1.807, 2.05) is 0 Å². The molecular formula is C10H16FNO2. The van der Waals surface area contributed by atoms with Crippen LogP contribution in [0.4, 0.5) is 4.39 Å². The van der Waals surface area contributed by atoms with E-state index < -0.39 is 11.7 Å². The monoisotopic (exact) mass is 201 g/mol. The highest BCUT2D eigenvalue weighted by Crippen LogP contribution is 2.26. The molecule has 1 aliphatic carbocycles. The molecule has 0 aromatic heterocycles. The van der Waals surface area contributed by atoms with Gasteiger partial charge in [0.05, 0.1) is 7.11 Å². The molecule has 0 bridgehead atoms. The summed E-state index contributed by atoms with van der Waals surface area (Å²) in [7, 11) is 2.75. The highest BCUT2D eigenvalue weighted by molar-refractivity contribution is 5.91. The number of hydroxylamine groups is 2. The fourth-order valence-electron chi connectivity index (χ4n) is 1.57. The van der Waals surface area contributed by atoms with Gasteiger partial charge in [0.15, 0.2) is 5.83 Å². The zero-order chi connectivity index (χ0) is 10.6. The molecule has 0 saturated heterocycles. The van der Waals surface area contributed by atoms with Gasteiger partial charge in [-0.25, -0.2) is 9.45 Å². The van der Waals surface area contributed by atoms with E-state index in [0.29, 0.717) is 18.4 Å². The maximum Gasteiger partial charge on any atom is 0.305 e. The second kappa shape index (κ2) is 5.10. The molecule has 0 aliphatic heterocycles. The molecule has 0 spiro atoms. The van der Waals surface area contributed by atoms with E-state index in [9.17, 15) is 9.18 Å². The lowest BCUT2D eigenvalue weighted by molar-refractivity contribution is -0.165. The minimum atomic E-state index is -0.676. The topological polar surface area (TPSA) is 29.5 Å². The van der Waals surface area contributed by atoms with Gasteiger partial charge in [-0.1, -0.05) is 6.42 Å². The van der Waals surface area contributed by atoms with Crippen LogP contribution in [0.25, 0.3) is 0 Å². The first-order chi connectivity index (χ1) is 6.66. The van der Waals surface area contributed by atoms with Crippen LogP contribution in [0.15, 0.2) is 11.4 Å². The Bertz CT molecular complexity index is 243. The van der Waals surface area contributed by atoms with Gasteiger partial charge < -0.3 is 0 Å². The van der Waals surface area contributed by atoms with Crippen molar-refractivity contribution >= 4 is 5.91 Å². The van der Waals surface area contributed by atoms with Crippen LogP contribution >= 0.6 is 0 Å². The molecule has 4 heteroatoms. The highest BCUT2D eigenvalue weighted by Gasteiger charge is 2.20. The van der Waals surface area contributed by atoms with Crippen LogP contribution in [0.1, 0.15) is 32.1 Å². The molecule has 0 aromatic rings. The summed E-state index contributed by atoms with van der Waals surface area (Å²) >= 11 is 0. The van der Waals surface area contributed by atoms with E-state index in [2.05, 4.69) is 4.84 Å². The fraction of sp³-hybridized carbons (Fsp3) is 0.700. The quantitative estimate of drug-likeness (QED) is 0.506. The summed E-state index contributed by atoms with van der Waals surface area (Å²) in [6.45, 7) is 0. The van der Waals surface area contributed by atoms with Crippen LogP contribution < -0.4 is 0 Å². The largest absolute Gasteiger partial charge is 0.305 e. The summed E-state index contributed by atoms with van der Waals surface area (Å²) in [6, 6.07) is 0. The molecule has 3 nitrogen and oxygen atoms in total. The van der Waals surface area contributed by atoms with E-state index in [1.165, 1.54) is 14.2 Å². The Hall–Kier alpha value is -0.900. The Morgan fingerprint density at radius 2 is 1.93 bits per heavy atom. The van der Waals surface area contributed by atoms with Gasteiger partial charge >= 0.3 is 5.91 Å². The van der Waals surface area contributed by atoms with Crippen LogP contribution in [-0.2, 0) is 9.63 Å². The molecule has 14 heavy (non-hydrogen) atoms. The molecule has 1 amide bonds. The van der Waals surface area contributed by atoms with Gasteiger partial charge in [0.2, 0.25) is 0 Å². The molecule has 1 saturated carbocycles. The summed E-state index contributed by atoms with van der Waals surface area (Å²) in [4.78, 5) is 16.0. The van der Waals surface area contributed by atoms with E-state index in [1.54, 1.807) is 0 Å². The van der Waals surface area contributed by atoms with Gasteiger partial charge in [-0.3, -0.25) is 9.63 Å². The lowest BCUT2D eigenvalue weighted by Gasteiger charge is -2.17. The number of carbonyl (C=O) groups is 1. The summed E-state index contributed by atoms with van der Waals surface area (Å²) in [5.74, 6) is -1.31. The first-order valence-corrected chi connectivity index (χ1v) is 4.86. The van der Waals surface area contributed by atoms with Crippen molar-refractivity contribution in [2.45, 2.75) is 32.1 Å².